The molecule has 1 unspecified atom stereocenters. The van der Waals surface area contributed by atoms with Crippen LogP contribution >= 0.6 is 23.2 Å². The minimum atomic E-state index is -1.17. The first-order chi connectivity index (χ1) is 23.8. The largest absolute Gasteiger partial charge is 0.491 e. The quantitative estimate of drug-likeness (QED) is 0.174. The normalized spacial score (nSPS) is 20.1. The van der Waals surface area contributed by atoms with E-state index < -0.39 is 5.79 Å². The minimum Gasteiger partial charge on any atom is -0.491 e. The van der Waals surface area contributed by atoms with E-state index in [1.807, 2.05) is 44.2 Å². The molecule has 3 aromatic carbocycles. The Bertz CT molecular complexity index is 1920. The molecule has 0 N–H and O–H groups in total. The molecule has 49 heavy (non-hydrogen) atoms. The molecular formula is C35H38Cl2N8O4. The van der Waals surface area contributed by atoms with E-state index in [-0.39, 0.29) is 24.4 Å². The number of hydrogen-bond donors (Lipinski definition) is 0. The van der Waals surface area contributed by atoms with E-state index in [0.717, 1.165) is 55.4 Å². The summed E-state index contributed by atoms with van der Waals surface area (Å²) >= 11 is 12.8. The van der Waals surface area contributed by atoms with Crippen molar-refractivity contribution in [2.24, 2.45) is 0 Å². The van der Waals surface area contributed by atoms with Crippen molar-refractivity contribution >= 4 is 34.6 Å². The zero-order valence-electron chi connectivity index (χ0n) is 27.4. The molecule has 3 atom stereocenters. The predicted octanol–water partition coefficient (Wildman–Crippen LogP) is 5.58. The highest BCUT2D eigenvalue weighted by molar-refractivity contribution is 6.35. The zero-order valence-corrected chi connectivity index (χ0v) is 28.9. The molecule has 2 aromatic heterocycles. The number of benzene rings is 3. The topological polar surface area (TPSA) is 105 Å². The summed E-state index contributed by atoms with van der Waals surface area (Å²) < 4.78 is 23.8. The summed E-state index contributed by atoms with van der Waals surface area (Å²) in [6, 6.07) is 21.6. The molecule has 5 aromatic rings. The minimum absolute atomic E-state index is 0.0604. The molecule has 0 saturated carbocycles. The SMILES string of the molecule is CCC(C)n1ncn(-c2ccc(N3CCN(c4cccc(OC[C@H]5CO[C@](Cn6cncn6)(c6ccc(Cl)cc6Cl)O5)c4)CC3)cc2)c1=O. The van der Waals surface area contributed by atoms with Crippen LogP contribution in [0.1, 0.15) is 31.9 Å². The van der Waals surface area contributed by atoms with Crippen molar-refractivity contribution < 1.29 is 14.2 Å². The molecule has 0 aliphatic carbocycles. The van der Waals surface area contributed by atoms with Crippen LogP contribution in [0.2, 0.25) is 10.0 Å². The van der Waals surface area contributed by atoms with Gasteiger partial charge in [-0.15, -0.1) is 0 Å². The molecule has 256 valence electrons. The number of halogens is 2. The number of rotatable bonds is 11. The molecule has 4 heterocycles. The zero-order chi connectivity index (χ0) is 34.0. The average molecular weight is 706 g/mol. The second-order valence-electron chi connectivity index (χ2n) is 12.3. The molecule has 0 radical (unpaired) electrons. The van der Waals surface area contributed by atoms with Crippen molar-refractivity contribution in [1.29, 1.82) is 0 Å². The molecule has 7 rings (SSSR count). The van der Waals surface area contributed by atoms with Crippen molar-refractivity contribution in [2.75, 3.05) is 49.2 Å². The number of hydrogen-bond acceptors (Lipinski definition) is 9. The van der Waals surface area contributed by atoms with Gasteiger partial charge in [0.2, 0.25) is 5.79 Å². The van der Waals surface area contributed by atoms with Crippen LogP contribution in [0.25, 0.3) is 5.69 Å². The maximum atomic E-state index is 12.8. The first-order valence-electron chi connectivity index (χ1n) is 16.4. The Kier molecular flexibility index (Phi) is 9.64. The van der Waals surface area contributed by atoms with E-state index >= 15 is 0 Å². The summed E-state index contributed by atoms with van der Waals surface area (Å²) in [6.45, 7) is 8.37. The fourth-order valence-corrected chi connectivity index (χ4v) is 6.81. The molecule has 14 heteroatoms. The highest BCUT2D eigenvalue weighted by atomic mass is 35.5. The van der Waals surface area contributed by atoms with Gasteiger partial charge in [-0.1, -0.05) is 42.3 Å². The van der Waals surface area contributed by atoms with Crippen molar-refractivity contribution in [3.63, 3.8) is 0 Å². The van der Waals surface area contributed by atoms with Crippen molar-refractivity contribution in [1.82, 2.24) is 29.1 Å². The van der Waals surface area contributed by atoms with Gasteiger partial charge in [0.25, 0.3) is 0 Å². The van der Waals surface area contributed by atoms with E-state index in [1.54, 1.807) is 34.0 Å². The summed E-state index contributed by atoms with van der Waals surface area (Å²) in [5, 5.41) is 9.52. The van der Waals surface area contributed by atoms with Gasteiger partial charge in [-0.25, -0.2) is 23.7 Å². The van der Waals surface area contributed by atoms with Gasteiger partial charge in [0.15, 0.2) is 0 Å². The van der Waals surface area contributed by atoms with E-state index in [0.29, 0.717) is 28.8 Å². The standard InChI is InChI=1S/C35H38Cl2N8O4/c1-3-25(2)45-34(46)44(24-40-45)28-10-8-27(9-11-28)41-13-15-42(16-14-41)29-5-4-6-30(18-29)47-19-31-20-48-35(49-31,21-43-23-38-22-39-43)32-12-7-26(36)17-33(32)37/h4-12,17-18,22-25,31H,3,13-16,19-21H2,1-2H3/t25?,31-,35-/m0/s1. The number of aromatic nitrogens is 6. The second kappa shape index (κ2) is 14.2. The summed E-state index contributed by atoms with van der Waals surface area (Å²) in [5.41, 5.74) is 3.58. The van der Waals surface area contributed by atoms with Crippen LogP contribution in [-0.4, -0.2) is 74.6 Å². The Hall–Kier alpha value is -4.36. The van der Waals surface area contributed by atoms with Crippen LogP contribution in [0, 0.1) is 0 Å². The molecule has 2 aliphatic heterocycles. The van der Waals surface area contributed by atoms with Crippen molar-refractivity contribution in [3.8, 4) is 11.4 Å². The Morgan fingerprint density at radius 3 is 2.41 bits per heavy atom. The van der Waals surface area contributed by atoms with E-state index in [9.17, 15) is 4.79 Å². The van der Waals surface area contributed by atoms with E-state index in [1.165, 1.54) is 11.0 Å². The van der Waals surface area contributed by atoms with Crippen LogP contribution in [0.4, 0.5) is 11.4 Å². The van der Waals surface area contributed by atoms with Crippen molar-refractivity contribution in [2.45, 2.75) is 44.7 Å². The third kappa shape index (κ3) is 7.04. The van der Waals surface area contributed by atoms with Gasteiger partial charge in [0.1, 0.15) is 44.0 Å². The van der Waals surface area contributed by atoms with Gasteiger partial charge in [0, 0.05) is 54.2 Å². The Morgan fingerprint density at radius 1 is 0.939 bits per heavy atom. The lowest BCUT2D eigenvalue weighted by atomic mass is 10.1. The number of ether oxygens (including phenoxy) is 3. The maximum absolute atomic E-state index is 12.8. The molecule has 0 bridgehead atoms. The lowest BCUT2D eigenvalue weighted by Gasteiger charge is -2.37. The average Bonchev–Trinajstić information content (AvgIpc) is 3.88. The lowest BCUT2D eigenvalue weighted by molar-refractivity contribution is -0.190. The van der Waals surface area contributed by atoms with Gasteiger partial charge in [0.05, 0.1) is 23.4 Å². The monoisotopic (exact) mass is 704 g/mol. The summed E-state index contributed by atoms with van der Waals surface area (Å²) in [6.07, 6.45) is 5.17. The summed E-state index contributed by atoms with van der Waals surface area (Å²) in [7, 11) is 0. The summed E-state index contributed by atoms with van der Waals surface area (Å²) in [5.74, 6) is -0.413. The highest BCUT2D eigenvalue weighted by Crippen LogP contribution is 2.40. The lowest BCUT2D eigenvalue weighted by Crippen LogP contribution is -2.46. The first kappa shape index (κ1) is 33.2. The Balaban J connectivity index is 0.954. The van der Waals surface area contributed by atoms with Gasteiger partial charge < -0.3 is 24.0 Å². The van der Waals surface area contributed by atoms with E-state index in [2.05, 4.69) is 49.2 Å². The Morgan fingerprint density at radius 2 is 1.69 bits per heavy atom. The van der Waals surface area contributed by atoms with E-state index in [4.69, 9.17) is 37.4 Å². The molecule has 0 amide bonds. The van der Waals surface area contributed by atoms with Crippen LogP contribution in [-0.2, 0) is 21.8 Å². The van der Waals surface area contributed by atoms with Crippen LogP contribution < -0.4 is 20.2 Å². The number of nitrogens with zero attached hydrogens (tertiary/aromatic N) is 8. The van der Waals surface area contributed by atoms with Crippen molar-refractivity contribution in [3.05, 3.63) is 112 Å². The van der Waals surface area contributed by atoms with Gasteiger partial charge in [-0.3, -0.25) is 0 Å². The molecule has 0 spiro atoms. The number of piperazine rings is 1. The van der Waals surface area contributed by atoms with Gasteiger partial charge in [-0.2, -0.15) is 10.2 Å². The fourth-order valence-electron chi connectivity index (χ4n) is 6.26. The molecule has 2 saturated heterocycles. The Labute approximate surface area is 294 Å². The smallest absolute Gasteiger partial charge is 0.350 e. The second-order valence-corrected chi connectivity index (χ2v) is 13.1. The molecule has 12 nitrogen and oxygen atoms in total. The van der Waals surface area contributed by atoms with Gasteiger partial charge >= 0.3 is 5.69 Å². The predicted molar refractivity (Wildman–Crippen MR) is 188 cm³/mol. The maximum Gasteiger partial charge on any atom is 0.350 e. The first-order valence-corrected chi connectivity index (χ1v) is 17.2. The summed E-state index contributed by atoms with van der Waals surface area (Å²) in [4.78, 5) is 21.6. The van der Waals surface area contributed by atoms with Crippen LogP contribution in [0.3, 0.4) is 0 Å². The number of anilines is 2. The molecular weight excluding hydrogens is 667 g/mol. The fraction of sp³-hybridized carbons (Fsp3) is 0.371. The third-order valence-corrected chi connectivity index (χ3v) is 9.68. The van der Waals surface area contributed by atoms with Crippen LogP contribution in [0.15, 0.2) is 90.5 Å². The van der Waals surface area contributed by atoms with Gasteiger partial charge in [-0.05, 0) is 61.9 Å². The third-order valence-electron chi connectivity index (χ3n) is 9.13. The molecule has 2 aliphatic rings. The van der Waals surface area contributed by atoms with Crippen LogP contribution in [0.5, 0.6) is 5.75 Å². The highest BCUT2D eigenvalue weighted by Gasteiger charge is 2.45. The molecule has 2 fully saturated rings.